The Morgan fingerprint density at radius 3 is 2.65 bits per heavy atom. The highest BCUT2D eigenvalue weighted by Gasteiger charge is 2.34. The first kappa shape index (κ1) is 18.2. The Morgan fingerprint density at radius 2 is 2.08 bits per heavy atom. The van der Waals surface area contributed by atoms with E-state index < -0.39 is 11.9 Å². The van der Waals surface area contributed by atoms with E-state index in [0.29, 0.717) is 28.5 Å². The average molecular weight is 431 g/mol. The van der Waals surface area contributed by atoms with Gasteiger partial charge in [0.05, 0.1) is 12.7 Å². The third kappa shape index (κ3) is 3.82. The maximum Gasteiger partial charge on any atom is 0.434 e. The quantitative estimate of drug-likeness (QED) is 0.646. The average Bonchev–Trinajstić information content (AvgIpc) is 3.18. The maximum atomic E-state index is 12.9. The van der Waals surface area contributed by atoms with E-state index in [1.807, 2.05) is 0 Å². The van der Waals surface area contributed by atoms with E-state index in [-0.39, 0.29) is 5.82 Å². The van der Waals surface area contributed by atoms with Gasteiger partial charge < -0.3 is 14.6 Å². The molecule has 3 rings (SSSR count). The standard InChI is InChI=1S/C15H14BrF3N6O/c1-25-7-11(15(17,18)19)21-12(25)9-4-3-8(5-10(9)26-2)6-20-14-22-13(16)23-24-14/h3-5,7H,6H2,1-2H3,(H2,20,22,23,24). The third-order valence-corrected chi connectivity index (χ3v) is 3.95. The molecule has 1 aromatic carbocycles. The molecule has 0 fully saturated rings. The number of benzene rings is 1. The highest BCUT2D eigenvalue weighted by atomic mass is 79.9. The zero-order valence-electron chi connectivity index (χ0n) is 13.7. The van der Waals surface area contributed by atoms with E-state index >= 15 is 0 Å². The highest BCUT2D eigenvalue weighted by Crippen LogP contribution is 2.34. The molecule has 0 aliphatic heterocycles. The first-order valence-corrected chi connectivity index (χ1v) is 8.17. The molecule has 0 unspecified atom stereocenters. The fourth-order valence-corrected chi connectivity index (χ4v) is 2.66. The molecule has 0 aliphatic carbocycles. The van der Waals surface area contributed by atoms with Gasteiger partial charge in [0.1, 0.15) is 11.6 Å². The minimum absolute atomic E-state index is 0.174. The van der Waals surface area contributed by atoms with Crippen molar-refractivity contribution < 1.29 is 17.9 Å². The number of H-pyrrole nitrogens is 1. The fourth-order valence-electron chi connectivity index (χ4n) is 2.39. The van der Waals surface area contributed by atoms with Crippen molar-refractivity contribution in [2.75, 3.05) is 12.4 Å². The zero-order chi connectivity index (χ0) is 18.9. The number of halogens is 4. The molecule has 138 valence electrons. The summed E-state index contributed by atoms with van der Waals surface area (Å²) in [6.07, 6.45) is -3.55. The van der Waals surface area contributed by atoms with Gasteiger partial charge in [-0.15, -0.1) is 5.10 Å². The topological polar surface area (TPSA) is 80.7 Å². The van der Waals surface area contributed by atoms with E-state index in [0.717, 1.165) is 11.8 Å². The van der Waals surface area contributed by atoms with Gasteiger partial charge in [0.2, 0.25) is 10.7 Å². The van der Waals surface area contributed by atoms with Crippen LogP contribution in [-0.4, -0.2) is 31.8 Å². The van der Waals surface area contributed by atoms with Crippen molar-refractivity contribution in [1.82, 2.24) is 24.7 Å². The number of alkyl halides is 3. The summed E-state index contributed by atoms with van der Waals surface area (Å²) in [4.78, 5) is 7.76. The van der Waals surface area contributed by atoms with Crippen molar-refractivity contribution in [2.24, 2.45) is 7.05 Å². The summed E-state index contributed by atoms with van der Waals surface area (Å²) in [6.45, 7) is 0.423. The fraction of sp³-hybridized carbons (Fsp3) is 0.267. The lowest BCUT2D eigenvalue weighted by Gasteiger charge is -2.11. The van der Waals surface area contributed by atoms with Crippen molar-refractivity contribution in [3.8, 4) is 17.1 Å². The van der Waals surface area contributed by atoms with Crippen LogP contribution in [0.1, 0.15) is 11.3 Å². The lowest BCUT2D eigenvalue weighted by molar-refractivity contribution is -0.140. The van der Waals surface area contributed by atoms with E-state index in [1.54, 1.807) is 18.2 Å². The number of rotatable bonds is 5. The Labute approximate surface area is 154 Å². The second-order valence-corrected chi connectivity index (χ2v) is 6.11. The molecule has 0 aliphatic rings. The van der Waals surface area contributed by atoms with Gasteiger partial charge in [-0.2, -0.15) is 18.2 Å². The summed E-state index contributed by atoms with van der Waals surface area (Å²) in [6, 6.07) is 5.18. The number of ether oxygens (including phenoxy) is 1. The van der Waals surface area contributed by atoms with Crippen LogP contribution in [0.4, 0.5) is 19.1 Å². The first-order valence-electron chi connectivity index (χ1n) is 7.37. The van der Waals surface area contributed by atoms with Crippen LogP contribution in [0.3, 0.4) is 0 Å². The zero-order valence-corrected chi connectivity index (χ0v) is 15.3. The number of imidazole rings is 1. The van der Waals surface area contributed by atoms with Crippen LogP contribution in [0, 0.1) is 0 Å². The summed E-state index contributed by atoms with van der Waals surface area (Å²) < 4.78 is 45.7. The molecular weight excluding hydrogens is 417 g/mol. The van der Waals surface area contributed by atoms with E-state index in [2.05, 4.69) is 41.4 Å². The summed E-state index contributed by atoms with van der Waals surface area (Å²) in [7, 11) is 2.96. The summed E-state index contributed by atoms with van der Waals surface area (Å²) in [5.41, 5.74) is 0.374. The van der Waals surface area contributed by atoms with Crippen LogP contribution in [0.25, 0.3) is 11.4 Å². The van der Waals surface area contributed by atoms with Gasteiger partial charge in [-0.1, -0.05) is 6.07 Å². The molecule has 11 heteroatoms. The lowest BCUT2D eigenvalue weighted by Crippen LogP contribution is -2.05. The summed E-state index contributed by atoms with van der Waals surface area (Å²) >= 11 is 3.14. The SMILES string of the molecule is COc1cc(CNc2nc(Br)n[nH]2)ccc1-c1nc(C(F)(F)F)cn1C. The number of hydrogen-bond donors (Lipinski definition) is 2. The molecule has 0 amide bonds. The van der Waals surface area contributed by atoms with Gasteiger partial charge in [0.25, 0.3) is 0 Å². The van der Waals surface area contributed by atoms with E-state index in [4.69, 9.17) is 4.74 Å². The van der Waals surface area contributed by atoms with Crippen LogP contribution < -0.4 is 10.1 Å². The predicted octanol–water partition coefficient (Wildman–Crippen LogP) is 3.61. The van der Waals surface area contributed by atoms with Gasteiger partial charge in [-0.25, -0.2) is 10.1 Å². The van der Waals surface area contributed by atoms with Crippen molar-refractivity contribution in [3.05, 3.63) is 40.4 Å². The van der Waals surface area contributed by atoms with Gasteiger partial charge in [-0.3, -0.25) is 0 Å². The van der Waals surface area contributed by atoms with Crippen molar-refractivity contribution in [3.63, 3.8) is 0 Å². The minimum Gasteiger partial charge on any atom is -0.496 e. The molecule has 0 saturated heterocycles. The number of nitrogens with one attached hydrogen (secondary N) is 2. The Hall–Kier alpha value is -2.56. The monoisotopic (exact) mass is 430 g/mol. The lowest BCUT2D eigenvalue weighted by atomic mass is 10.1. The smallest absolute Gasteiger partial charge is 0.434 e. The molecule has 0 spiro atoms. The molecule has 2 heterocycles. The molecule has 3 aromatic rings. The second kappa shape index (κ2) is 6.98. The third-order valence-electron chi connectivity index (χ3n) is 3.59. The van der Waals surface area contributed by atoms with E-state index in [1.165, 1.54) is 18.7 Å². The Bertz CT molecular complexity index is 920. The molecule has 0 radical (unpaired) electrons. The largest absolute Gasteiger partial charge is 0.496 e. The number of anilines is 1. The van der Waals surface area contributed by atoms with Crippen LogP contribution in [0.15, 0.2) is 29.1 Å². The molecular formula is C15H14BrF3N6O. The molecule has 26 heavy (non-hydrogen) atoms. The number of methoxy groups -OCH3 is 1. The van der Waals surface area contributed by atoms with Gasteiger partial charge in [-0.05, 0) is 33.6 Å². The van der Waals surface area contributed by atoms with Crippen molar-refractivity contribution in [2.45, 2.75) is 12.7 Å². The van der Waals surface area contributed by atoms with E-state index in [9.17, 15) is 13.2 Å². The number of aromatic nitrogens is 5. The van der Waals surface area contributed by atoms with Gasteiger partial charge in [0.15, 0.2) is 5.69 Å². The molecule has 0 atom stereocenters. The highest BCUT2D eigenvalue weighted by molar-refractivity contribution is 9.10. The number of aromatic amines is 1. The normalized spacial score (nSPS) is 11.6. The van der Waals surface area contributed by atoms with Crippen LogP contribution in [0.5, 0.6) is 5.75 Å². The molecule has 2 N–H and O–H groups in total. The van der Waals surface area contributed by atoms with Gasteiger partial charge >= 0.3 is 6.18 Å². The summed E-state index contributed by atoms with van der Waals surface area (Å²) in [5, 5.41) is 9.58. The summed E-state index contributed by atoms with van der Waals surface area (Å²) in [5.74, 6) is 1.08. The Balaban J connectivity index is 1.86. The number of aryl methyl sites for hydroxylation is 1. The predicted molar refractivity (Wildman–Crippen MR) is 91.6 cm³/mol. The Kier molecular flexibility index (Phi) is 4.90. The first-order chi connectivity index (χ1) is 12.3. The van der Waals surface area contributed by atoms with Crippen molar-refractivity contribution in [1.29, 1.82) is 0 Å². The minimum atomic E-state index is -4.50. The molecule has 0 bridgehead atoms. The van der Waals surface area contributed by atoms with Crippen LogP contribution in [-0.2, 0) is 19.8 Å². The molecule has 0 saturated carbocycles. The molecule has 7 nitrogen and oxygen atoms in total. The second-order valence-electron chi connectivity index (χ2n) is 5.40. The van der Waals surface area contributed by atoms with Gasteiger partial charge in [0, 0.05) is 19.8 Å². The van der Waals surface area contributed by atoms with Crippen LogP contribution in [0.2, 0.25) is 0 Å². The molecule has 2 aromatic heterocycles. The Morgan fingerprint density at radius 1 is 1.31 bits per heavy atom. The van der Waals surface area contributed by atoms with Crippen molar-refractivity contribution >= 4 is 21.9 Å². The number of nitrogens with zero attached hydrogens (tertiary/aromatic N) is 4. The number of hydrogen-bond acceptors (Lipinski definition) is 5. The maximum absolute atomic E-state index is 12.9. The van der Waals surface area contributed by atoms with Crippen LogP contribution >= 0.6 is 15.9 Å².